The van der Waals surface area contributed by atoms with E-state index in [1.807, 2.05) is 0 Å². The van der Waals surface area contributed by atoms with Gasteiger partial charge in [0.15, 0.2) is 0 Å². The summed E-state index contributed by atoms with van der Waals surface area (Å²) in [6.07, 6.45) is 6.80. The molecule has 0 bridgehead atoms. The molecule has 0 N–H and O–H groups in total. The first-order valence-corrected chi connectivity index (χ1v) is 6.07. The highest BCUT2D eigenvalue weighted by Crippen LogP contribution is 2.70. The van der Waals surface area contributed by atoms with E-state index in [9.17, 15) is 4.79 Å². The second-order valence-electron chi connectivity index (χ2n) is 6.08. The Morgan fingerprint density at radius 3 is 2.67 bits per heavy atom. The standard InChI is InChI=1S/C14H22O/c1-10-5-6-12-9-13(3,4)14(10,12)8-7-11(2)15/h5,12H,6-9H2,1-4H3. The third-order valence-electron chi connectivity index (χ3n) is 4.94. The van der Waals surface area contributed by atoms with E-state index in [-0.39, 0.29) is 0 Å². The summed E-state index contributed by atoms with van der Waals surface area (Å²) in [5.41, 5.74) is 2.31. The molecule has 0 radical (unpaired) electrons. The lowest BCUT2D eigenvalue weighted by Crippen LogP contribution is -2.53. The van der Waals surface area contributed by atoms with E-state index in [1.165, 1.54) is 12.8 Å². The van der Waals surface area contributed by atoms with Crippen molar-refractivity contribution in [1.82, 2.24) is 0 Å². The average Bonchev–Trinajstić information content (AvgIpc) is 2.37. The summed E-state index contributed by atoms with van der Waals surface area (Å²) in [6, 6.07) is 0. The highest BCUT2D eigenvalue weighted by atomic mass is 16.1. The number of allylic oxidation sites excluding steroid dienone is 2. The lowest BCUT2D eigenvalue weighted by Gasteiger charge is -2.61. The van der Waals surface area contributed by atoms with Gasteiger partial charge in [0.2, 0.25) is 0 Å². The zero-order valence-corrected chi connectivity index (χ0v) is 10.4. The van der Waals surface area contributed by atoms with Crippen LogP contribution in [0.3, 0.4) is 0 Å². The van der Waals surface area contributed by atoms with E-state index in [0.717, 1.165) is 18.8 Å². The molecule has 2 aliphatic carbocycles. The van der Waals surface area contributed by atoms with E-state index in [2.05, 4.69) is 26.8 Å². The first-order chi connectivity index (χ1) is 6.90. The molecule has 1 nitrogen and oxygen atoms in total. The summed E-state index contributed by atoms with van der Waals surface area (Å²) in [7, 11) is 0. The molecule has 0 aliphatic heterocycles. The number of fused-ring (bicyclic) bond motifs is 1. The van der Waals surface area contributed by atoms with Gasteiger partial charge < -0.3 is 4.79 Å². The van der Waals surface area contributed by atoms with Crippen LogP contribution < -0.4 is 0 Å². The van der Waals surface area contributed by atoms with E-state index < -0.39 is 0 Å². The number of Topliss-reactive ketones (excluding diaryl/α,β-unsaturated/α-hetero) is 1. The molecule has 2 atom stereocenters. The predicted octanol–water partition coefficient (Wildman–Crippen LogP) is 3.74. The molecule has 1 heteroatoms. The molecule has 0 saturated heterocycles. The summed E-state index contributed by atoms with van der Waals surface area (Å²) >= 11 is 0. The van der Waals surface area contributed by atoms with Crippen LogP contribution in [0.4, 0.5) is 0 Å². The van der Waals surface area contributed by atoms with Crippen molar-refractivity contribution < 1.29 is 4.79 Å². The Labute approximate surface area is 92.9 Å². The maximum atomic E-state index is 11.2. The lowest BCUT2D eigenvalue weighted by molar-refractivity contribution is -0.122. The van der Waals surface area contributed by atoms with Crippen LogP contribution in [-0.2, 0) is 4.79 Å². The van der Waals surface area contributed by atoms with Gasteiger partial charge in [0.25, 0.3) is 0 Å². The first-order valence-electron chi connectivity index (χ1n) is 6.07. The number of rotatable bonds is 3. The third kappa shape index (κ3) is 1.32. The van der Waals surface area contributed by atoms with Gasteiger partial charge in [-0.2, -0.15) is 0 Å². The number of carbonyl (C=O) groups excluding carboxylic acids is 1. The van der Waals surface area contributed by atoms with E-state index in [1.54, 1.807) is 12.5 Å². The first kappa shape index (κ1) is 10.9. The SMILES string of the molecule is CC(=O)CCC12C(C)=CCC1CC2(C)C. The minimum absolute atomic E-state index is 0.338. The Morgan fingerprint density at radius 1 is 1.53 bits per heavy atom. The molecule has 0 aromatic carbocycles. The molecule has 2 rings (SSSR count). The highest BCUT2D eigenvalue weighted by Gasteiger charge is 2.61. The van der Waals surface area contributed by atoms with Gasteiger partial charge >= 0.3 is 0 Å². The number of ketones is 1. The molecule has 1 saturated carbocycles. The van der Waals surface area contributed by atoms with Crippen molar-refractivity contribution in [3.05, 3.63) is 11.6 Å². The Kier molecular flexibility index (Phi) is 2.33. The highest BCUT2D eigenvalue weighted by molar-refractivity contribution is 5.75. The molecule has 0 aromatic heterocycles. The number of hydrogen-bond acceptors (Lipinski definition) is 1. The Balaban J connectivity index is 2.21. The fourth-order valence-corrected chi connectivity index (χ4v) is 4.15. The van der Waals surface area contributed by atoms with Crippen molar-refractivity contribution in [3.63, 3.8) is 0 Å². The van der Waals surface area contributed by atoms with Gasteiger partial charge in [-0.1, -0.05) is 25.5 Å². The summed E-state index contributed by atoms with van der Waals surface area (Å²) in [6.45, 7) is 8.71. The summed E-state index contributed by atoms with van der Waals surface area (Å²) < 4.78 is 0. The second kappa shape index (κ2) is 3.20. The van der Waals surface area contributed by atoms with E-state index in [4.69, 9.17) is 0 Å². The van der Waals surface area contributed by atoms with Gasteiger partial charge in [-0.05, 0) is 49.9 Å². The number of carbonyl (C=O) groups is 1. The maximum Gasteiger partial charge on any atom is 0.129 e. The topological polar surface area (TPSA) is 17.1 Å². The minimum Gasteiger partial charge on any atom is -0.300 e. The minimum atomic E-state index is 0.338. The normalized spacial score (nSPS) is 36.8. The van der Waals surface area contributed by atoms with Crippen molar-refractivity contribution >= 4 is 5.78 Å². The van der Waals surface area contributed by atoms with Crippen molar-refractivity contribution in [2.75, 3.05) is 0 Å². The fourth-order valence-electron chi connectivity index (χ4n) is 4.15. The summed E-state index contributed by atoms with van der Waals surface area (Å²) in [4.78, 5) is 11.2. The molecule has 0 amide bonds. The van der Waals surface area contributed by atoms with Crippen molar-refractivity contribution in [2.24, 2.45) is 16.7 Å². The quantitative estimate of drug-likeness (QED) is 0.643. The molecule has 2 aliphatic rings. The lowest BCUT2D eigenvalue weighted by atomic mass is 9.43. The van der Waals surface area contributed by atoms with Crippen LogP contribution in [-0.4, -0.2) is 5.78 Å². The molecule has 0 spiro atoms. The molecule has 1 fully saturated rings. The van der Waals surface area contributed by atoms with E-state index in [0.29, 0.717) is 16.6 Å². The second-order valence-corrected chi connectivity index (χ2v) is 6.08. The molecule has 0 heterocycles. The van der Waals surface area contributed by atoms with Crippen molar-refractivity contribution in [3.8, 4) is 0 Å². The van der Waals surface area contributed by atoms with Gasteiger partial charge in [-0.3, -0.25) is 0 Å². The average molecular weight is 206 g/mol. The van der Waals surface area contributed by atoms with Crippen LogP contribution in [0.2, 0.25) is 0 Å². The number of hydrogen-bond donors (Lipinski definition) is 0. The zero-order chi connectivity index (χ0) is 11.3. The van der Waals surface area contributed by atoms with Crippen molar-refractivity contribution in [1.29, 1.82) is 0 Å². The van der Waals surface area contributed by atoms with Crippen LogP contribution in [0.5, 0.6) is 0 Å². The van der Waals surface area contributed by atoms with Crippen LogP contribution in [0.15, 0.2) is 11.6 Å². The Bertz CT molecular complexity index is 324. The van der Waals surface area contributed by atoms with Crippen LogP contribution in [0.25, 0.3) is 0 Å². The molecule has 0 aromatic rings. The monoisotopic (exact) mass is 206 g/mol. The largest absolute Gasteiger partial charge is 0.300 e. The van der Waals surface area contributed by atoms with Gasteiger partial charge in [0.05, 0.1) is 0 Å². The molecule has 2 unspecified atom stereocenters. The smallest absolute Gasteiger partial charge is 0.129 e. The fraction of sp³-hybridized carbons (Fsp3) is 0.786. The van der Waals surface area contributed by atoms with Gasteiger partial charge in [-0.25, -0.2) is 0 Å². The van der Waals surface area contributed by atoms with Gasteiger partial charge in [0.1, 0.15) is 5.78 Å². The third-order valence-corrected chi connectivity index (χ3v) is 4.94. The van der Waals surface area contributed by atoms with Crippen molar-refractivity contribution in [2.45, 2.75) is 53.4 Å². The summed E-state index contributed by atoms with van der Waals surface area (Å²) in [5, 5.41) is 0. The predicted molar refractivity (Wildman–Crippen MR) is 62.6 cm³/mol. The van der Waals surface area contributed by atoms with Gasteiger partial charge in [-0.15, -0.1) is 0 Å². The van der Waals surface area contributed by atoms with Crippen LogP contribution in [0.1, 0.15) is 53.4 Å². The van der Waals surface area contributed by atoms with Gasteiger partial charge in [0, 0.05) is 6.42 Å². The maximum absolute atomic E-state index is 11.2. The molecule has 84 valence electrons. The molecular weight excluding hydrogens is 184 g/mol. The summed E-state index contributed by atoms with van der Waals surface area (Å²) in [5.74, 6) is 1.16. The van der Waals surface area contributed by atoms with E-state index >= 15 is 0 Å². The molecular formula is C14H22O. The Morgan fingerprint density at radius 2 is 2.20 bits per heavy atom. The zero-order valence-electron chi connectivity index (χ0n) is 10.4. The molecule has 15 heavy (non-hydrogen) atoms. The van der Waals surface area contributed by atoms with Crippen LogP contribution in [0, 0.1) is 16.7 Å². The Hall–Kier alpha value is -0.590. The van der Waals surface area contributed by atoms with Crippen LogP contribution >= 0.6 is 0 Å².